The van der Waals surface area contributed by atoms with E-state index in [1.807, 2.05) is 42.8 Å². The van der Waals surface area contributed by atoms with E-state index in [-0.39, 0.29) is 11.8 Å². The highest BCUT2D eigenvalue weighted by Gasteiger charge is 2.28. The molecule has 2 aromatic carbocycles. The Morgan fingerprint density at radius 3 is 2.66 bits per heavy atom. The number of nitrogens with zero attached hydrogens (tertiary/aromatic N) is 4. The number of fused-ring (bicyclic) bond motifs is 1. The Bertz CT molecular complexity index is 1270. The van der Waals surface area contributed by atoms with Crippen LogP contribution in [0.3, 0.4) is 0 Å². The lowest BCUT2D eigenvalue weighted by molar-refractivity contribution is -0.120. The molecule has 164 valence electrons. The molecule has 0 aliphatic carbocycles. The molecule has 32 heavy (non-hydrogen) atoms. The highest BCUT2D eigenvalue weighted by Crippen LogP contribution is 2.34. The summed E-state index contributed by atoms with van der Waals surface area (Å²) in [4.78, 5) is 20.2. The molecule has 0 bridgehead atoms. The van der Waals surface area contributed by atoms with E-state index in [1.165, 1.54) is 5.56 Å². The number of nitrogens with one attached hydrogen (secondary N) is 1. The van der Waals surface area contributed by atoms with Crippen LogP contribution in [0.2, 0.25) is 0 Å². The maximum absolute atomic E-state index is 13.0. The summed E-state index contributed by atoms with van der Waals surface area (Å²) < 4.78 is 3.03. The average Bonchev–Trinajstić information content (AvgIpc) is 3.37. The first-order valence-electron chi connectivity index (χ1n) is 11.0. The molecule has 1 N–H and O–H groups in total. The van der Waals surface area contributed by atoms with E-state index in [0.717, 1.165) is 57.5 Å². The number of aryl methyl sites for hydroxylation is 3. The van der Waals surface area contributed by atoms with E-state index in [0.29, 0.717) is 6.54 Å². The second-order valence-electron chi connectivity index (χ2n) is 8.57. The van der Waals surface area contributed by atoms with E-state index < -0.39 is 0 Å². The van der Waals surface area contributed by atoms with Gasteiger partial charge in [0.25, 0.3) is 0 Å². The Morgan fingerprint density at radius 2 is 1.88 bits per heavy atom. The van der Waals surface area contributed by atoms with Crippen LogP contribution >= 0.6 is 11.3 Å². The molecule has 4 aromatic rings. The van der Waals surface area contributed by atoms with Gasteiger partial charge in [0.1, 0.15) is 0 Å². The monoisotopic (exact) mass is 445 g/mol. The normalized spacial score (nSPS) is 16.5. The second-order valence-corrected chi connectivity index (χ2v) is 9.55. The SMILES string of the molecule is Cc1ccc(-n2nc(C)c3sc(N4CCCC(C(=O)Nc5ccccc5C)C4)nc32)cc1. The van der Waals surface area contributed by atoms with Crippen LogP contribution in [0.4, 0.5) is 10.8 Å². The van der Waals surface area contributed by atoms with Crippen molar-refractivity contribution in [1.82, 2.24) is 14.8 Å². The lowest BCUT2D eigenvalue weighted by atomic mass is 9.97. The van der Waals surface area contributed by atoms with Gasteiger partial charge in [-0.05, 0) is 57.4 Å². The minimum atomic E-state index is -0.0509. The van der Waals surface area contributed by atoms with Gasteiger partial charge in [0, 0.05) is 18.8 Å². The zero-order valence-electron chi connectivity index (χ0n) is 18.6. The number of aromatic nitrogens is 3. The predicted octanol–water partition coefficient (Wildman–Crippen LogP) is 5.26. The maximum atomic E-state index is 13.0. The molecule has 1 saturated heterocycles. The fourth-order valence-corrected chi connectivity index (χ4v) is 5.26. The summed E-state index contributed by atoms with van der Waals surface area (Å²) in [7, 11) is 0. The van der Waals surface area contributed by atoms with E-state index in [1.54, 1.807) is 11.3 Å². The van der Waals surface area contributed by atoms with Crippen LogP contribution in [0.1, 0.15) is 29.7 Å². The number of hydrogen-bond donors (Lipinski definition) is 1. The van der Waals surface area contributed by atoms with Gasteiger partial charge in [0.2, 0.25) is 5.91 Å². The van der Waals surface area contributed by atoms with E-state index in [9.17, 15) is 4.79 Å². The summed E-state index contributed by atoms with van der Waals surface area (Å²) >= 11 is 1.67. The number of benzene rings is 2. The van der Waals surface area contributed by atoms with Gasteiger partial charge in [-0.1, -0.05) is 47.2 Å². The summed E-state index contributed by atoms with van der Waals surface area (Å²) in [6, 6.07) is 16.3. The van der Waals surface area contributed by atoms with Crippen LogP contribution in [0.15, 0.2) is 48.5 Å². The molecule has 1 unspecified atom stereocenters. The van der Waals surface area contributed by atoms with Crippen molar-refractivity contribution in [3.8, 4) is 5.69 Å². The number of carbonyl (C=O) groups is 1. The Labute approximate surface area is 191 Å². The van der Waals surface area contributed by atoms with Crippen molar-refractivity contribution < 1.29 is 4.79 Å². The molecule has 2 aromatic heterocycles. The van der Waals surface area contributed by atoms with Gasteiger partial charge in [-0.2, -0.15) is 10.1 Å². The van der Waals surface area contributed by atoms with Gasteiger partial charge in [0.05, 0.1) is 22.0 Å². The number of thiazole rings is 1. The fraction of sp³-hybridized carbons (Fsp3) is 0.320. The average molecular weight is 446 g/mol. The topological polar surface area (TPSA) is 63.1 Å². The molecule has 0 spiro atoms. The number of rotatable bonds is 4. The van der Waals surface area contributed by atoms with Gasteiger partial charge in [-0.3, -0.25) is 4.79 Å². The Kier molecular flexibility index (Phi) is 5.43. The highest BCUT2D eigenvalue weighted by molar-refractivity contribution is 7.22. The standard InChI is InChI=1S/C25H27N5OS/c1-16-10-12-20(13-11-16)30-23-22(18(3)28-30)32-25(27-23)29-14-6-8-19(15-29)24(31)26-21-9-5-4-7-17(21)2/h4-5,7,9-13,19H,6,8,14-15H2,1-3H3,(H,26,31). The van der Waals surface area contributed by atoms with E-state index >= 15 is 0 Å². The van der Waals surface area contributed by atoms with E-state index in [4.69, 9.17) is 10.1 Å². The molecule has 1 fully saturated rings. The van der Waals surface area contributed by atoms with Crippen LogP contribution in [0, 0.1) is 26.7 Å². The molecule has 6 nitrogen and oxygen atoms in total. The molecule has 1 aliphatic heterocycles. The summed E-state index contributed by atoms with van der Waals surface area (Å²) in [6.45, 7) is 7.73. The number of carbonyl (C=O) groups excluding carboxylic acids is 1. The smallest absolute Gasteiger partial charge is 0.229 e. The summed E-state index contributed by atoms with van der Waals surface area (Å²) in [5.74, 6) is 0.0391. The third kappa shape index (κ3) is 3.88. The lowest BCUT2D eigenvalue weighted by Crippen LogP contribution is -2.40. The number of amides is 1. The summed E-state index contributed by atoms with van der Waals surface area (Å²) in [5, 5.41) is 8.80. The Hall–Kier alpha value is -3.19. The molecule has 0 saturated carbocycles. The predicted molar refractivity (Wildman–Crippen MR) is 131 cm³/mol. The third-order valence-corrected chi connectivity index (χ3v) is 7.34. The van der Waals surface area contributed by atoms with Crippen molar-refractivity contribution in [2.45, 2.75) is 33.6 Å². The van der Waals surface area contributed by atoms with Gasteiger partial charge >= 0.3 is 0 Å². The van der Waals surface area contributed by atoms with Crippen LogP contribution in [-0.2, 0) is 4.79 Å². The highest BCUT2D eigenvalue weighted by atomic mass is 32.1. The Balaban J connectivity index is 1.38. The maximum Gasteiger partial charge on any atom is 0.229 e. The largest absolute Gasteiger partial charge is 0.347 e. The molecular weight excluding hydrogens is 418 g/mol. The quantitative estimate of drug-likeness (QED) is 0.465. The molecule has 1 aliphatic rings. The molecule has 0 radical (unpaired) electrons. The van der Waals surface area contributed by atoms with Gasteiger partial charge in [-0.15, -0.1) is 0 Å². The minimum absolute atomic E-state index is 0.0509. The zero-order valence-corrected chi connectivity index (χ0v) is 19.4. The molecule has 1 amide bonds. The van der Waals surface area contributed by atoms with Crippen molar-refractivity contribution in [2.75, 3.05) is 23.3 Å². The first kappa shape index (κ1) is 20.7. The number of anilines is 2. The number of hydrogen-bond acceptors (Lipinski definition) is 5. The van der Waals surface area contributed by atoms with Crippen molar-refractivity contribution in [1.29, 1.82) is 0 Å². The van der Waals surface area contributed by atoms with Gasteiger partial charge in [0.15, 0.2) is 10.8 Å². The summed E-state index contributed by atoms with van der Waals surface area (Å²) in [6.07, 6.45) is 1.88. The molecule has 3 heterocycles. The zero-order chi connectivity index (χ0) is 22.2. The first-order valence-corrected chi connectivity index (χ1v) is 11.9. The lowest BCUT2D eigenvalue weighted by Gasteiger charge is -2.31. The molecule has 1 atom stereocenters. The number of para-hydroxylation sites is 1. The molecule has 7 heteroatoms. The third-order valence-electron chi connectivity index (χ3n) is 6.12. The Morgan fingerprint density at radius 1 is 1.09 bits per heavy atom. The molecular formula is C25H27N5OS. The van der Waals surface area contributed by atoms with Crippen LogP contribution in [-0.4, -0.2) is 33.8 Å². The first-order chi connectivity index (χ1) is 15.5. The second kappa shape index (κ2) is 8.39. The fourth-order valence-electron chi connectivity index (χ4n) is 4.24. The number of piperidine rings is 1. The van der Waals surface area contributed by atoms with Crippen molar-refractivity contribution >= 4 is 38.4 Å². The van der Waals surface area contributed by atoms with Crippen molar-refractivity contribution in [3.05, 3.63) is 65.4 Å². The minimum Gasteiger partial charge on any atom is -0.347 e. The van der Waals surface area contributed by atoms with Crippen molar-refractivity contribution in [3.63, 3.8) is 0 Å². The van der Waals surface area contributed by atoms with Gasteiger partial charge < -0.3 is 10.2 Å². The van der Waals surface area contributed by atoms with Crippen LogP contribution in [0.25, 0.3) is 16.0 Å². The van der Waals surface area contributed by atoms with E-state index in [2.05, 4.69) is 41.4 Å². The summed E-state index contributed by atoms with van der Waals surface area (Å²) in [5.41, 5.74) is 6.07. The van der Waals surface area contributed by atoms with Gasteiger partial charge in [-0.25, -0.2) is 4.68 Å². The van der Waals surface area contributed by atoms with Crippen LogP contribution in [0.5, 0.6) is 0 Å². The molecule has 5 rings (SSSR count). The van der Waals surface area contributed by atoms with Crippen LogP contribution < -0.4 is 10.2 Å². The van der Waals surface area contributed by atoms with Crippen molar-refractivity contribution in [2.24, 2.45) is 5.92 Å².